The van der Waals surface area contributed by atoms with Gasteiger partial charge in [-0.15, -0.1) is 0 Å². The number of ether oxygens (including phenoxy) is 1. The summed E-state index contributed by atoms with van der Waals surface area (Å²) in [5.74, 6) is -0.163. The van der Waals surface area contributed by atoms with E-state index in [1.807, 2.05) is 58.4 Å². The van der Waals surface area contributed by atoms with Crippen LogP contribution < -0.4 is 0 Å². The molecule has 0 N–H and O–H groups in total. The van der Waals surface area contributed by atoms with Crippen molar-refractivity contribution in [2.75, 3.05) is 27.7 Å². The van der Waals surface area contributed by atoms with Crippen molar-refractivity contribution in [2.24, 2.45) is 0 Å². The van der Waals surface area contributed by atoms with Crippen LogP contribution in [0.4, 0.5) is 0 Å². The fourth-order valence-corrected chi connectivity index (χ4v) is 1.41. The van der Waals surface area contributed by atoms with Gasteiger partial charge in [0, 0.05) is 0 Å². The van der Waals surface area contributed by atoms with E-state index in [1.54, 1.807) is 0 Å². The molecular formula is C13H20NO2+. The average molecular weight is 222 g/mol. The van der Waals surface area contributed by atoms with Gasteiger partial charge in [0.15, 0.2) is 6.54 Å². The van der Waals surface area contributed by atoms with Crippen molar-refractivity contribution in [3.8, 4) is 0 Å². The van der Waals surface area contributed by atoms with Crippen molar-refractivity contribution in [1.82, 2.24) is 0 Å². The molecule has 0 saturated heterocycles. The number of hydrogen-bond acceptors (Lipinski definition) is 2. The molecule has 1 aromatic carbocycles. The van der Waals surface area contributed by atoms with E-state index < -0.39 is 0 Å². The molecule has 0 aliphatic carbocycles. The number of likely N-dealkylation sites (N-methyl/N-ethyl adjacent to an activating group) is 1. The van der Waals surface area contributed by atoms with Gasteiger partial charge in [-0.25, -0.2) is 4.79 Å². The number of benzene rings is 1. The minimum atomic E-state index is -0.180. The lowest BCUT2D eigenvalue weighted by atomic mass is 10.1. The molecule has 1 aromatic rings. The molecule has 0 saturated carbocycles. The van der Waals surface area contributed by atoms with E-state index in [1.165, 1.54) is 0 Å². The summed E-state index contributed by atoms with van der Waals surface area (Å²) in [7, 11) is 5.90. The average Bonchev–Trinajstić information content (AvgIpc) is 2.16. The van der Waals surface area contributed by atoms with Crippen LogP contribution in [-0.4, -0.2) is 38.1 Å². The number of esters is 1. The smallest absolute Gasteiger partial charge is 0.362 e. The van der Waals surface area contributed by atoms with Gasteiger partial charge >= 0.3 is 5.97 Å². The highest BCUT2D eigenvalue weighted by Crippen LogP contribution is 2.16. The largest absolute Gasteiger partial charge is 0.454 e. The molecule has 0 aliphatic heterocycles. The Bertz CT molecular complexity index is 341. The Morgan fingerprint density at radius 2 is 1.81 bits per heavy atom. The molecule has 0 radical (unpaired) electrons. The topological polar surface area (TPSA) is 26.3 Å². The summed E-state index contributed by atoms with van der Waals surface area (Å²) in [6, 6.07) is 9.76. The lowest BCUT2D eigenvalue weighted by Crippen LogP contribution is -2.40. The summed E-state index contributed by atoms with van der Waals surface area (Å²) >= 11 is 0. The zero-order valence-electron chi connectivity index (χ0n) is 10.4. The van der Waals surface area contributed by atoms with Gasteiger partial charge in [-0.3, -0.25) is 0 Å². The highest BCUT2D eigenvalue weighted by Gasteiger charge is 2.18. The van der Waals surface area contributed by atoms with E-state index in [9.17, 15) is 4.79 Å². The second-order valence-corrected chi connectivity index (χ2v) is 4.99. The first-order valence-corrected chi connectivity index (χ1v) is 5.43. The SMILES string of the molecule is CC(OC(=O)C[N+](C)(C)C)c1ccccc1. The van der Waals surface area contributed by atoms with Crippen LogP contribution in [0, 0.1) is 0 Å². The lowest BCUT2D eigenvalue weighted by Gasteiger charge is -2.23. The standard InChI is InChI=1S/C13H20NO2/c1-11(12-8-6-5-7-9-12)16-13(15)10-14(2,3)4/h5-9,11H,10H2,1-4H3/q+1. The molecule has 16 heavy (non-hydrogen) atoms. The zero-order valence-corrected chi connectivity index (χ0v) is 10.4. The van der Waals surface area contributed by atoms with Crippen LogP contribution in [0.15, 0.2) is 30.3 Å². The minimum absolute atomic E-state index is 0.163. The van der Waals surface area contributed by atoms with Crippen LogP contribution in [0.5, 0.6) is 0 Å². The van der Waals surface area contributed by atoms with E-state index in [0.29, 0.717) is 11.0 Å². The molecule has 0 amide bonds. The van der Waals surface area contributed by atoms with Gasteiger partial charge < -0.3 is 9.22 Å². The number of carbonyl (C=O) groups excluding carboxylic acids is 1. The van der Waals surface area contributed by atoms with Crippen molar-refractivity contribution in [1.29, 1.82) is 0 Å². The Balaban J connectivity index is 2.52. The van der Waals surface area contributed by atoms with Crippen molar-refractivity contribution in [3.63, 3.8) is 0 Å². The maximum Gasteiger partial charge on any atom is 0.362 e. The summed E-state index contributed by atoms with van der Waals surface area (Å²) in [4.78, 5) is 11.6. The minimum Gasteiger partial charge on any atom is -0.454 e. The predicted molar refractivity (Wildman–Crippen MR) is 63.8 cm³/mol. The molecule has 0 heterocycles. The van der Waals surface area contributed by atoms with Crippen LogP contribution in [0.2, 0.25) is 0 Å². The maximum atomic E-state index is 11.6. The normalized spacial score (nSPS) is 13.2. The Kier molecular flexibility index (Phi) is 4.07. The highest BCUT2D eigenvalue weighted by atomic mass is 16.5. The van der Waals surface area contributed by atoms with Crippen LogP contribution in [0.3, 0.4) is 0 Å². The second-order valence-electron chi connectivity index (χ2n) is 4.99. The van der Waals surface area contributed by atoms with E-state index >= 15 is 0 Å². The number of rotatable bonds is 4. The molecule has 0 spiro atoms. The third-order valence-corrected chi connectivity index (χ3v) is 2.18. The summed E-state index contributed by atoms with van der Waals surface area (Å²) < 4.78 is 5.94. The van der Waals surface area contributed by atoms with Crippen molar-refractivity contribution >= 4 is 5.97 Å². The van der Waals surface area contributed by atoms with Crippen molar-refractivity contribution < 1.29 is 14.0 Å². The maximum absolute atomic E-state index is 11.6. The molecule has 0 bridgehead atoms. The molecule has 0 aromatic heterocycles. The second kappa shape index (κ2) is 5.12. The first-order chi connectivity index (χ1) is 7.38. The molecular weight excluding hydrogens is 202 g/mol. The van der Waals surface area contributed by atoms with Crippen LogP contribution in [0.25, 0.3) is 0 Å². The van der Waals surface area contributed by atoms with Gasteiger partial charge in [0.05, 0.1) is 21.1 Å². The van der Waals surface area contributed by atoms with E-state index in [0.717, 1.165) is 5.56 Å². The zero-order chi connectivity index (χ0) is 12.2. The fourth-order valence-electron chi connectivity index (χ4n) is 1.41. The van der Waals surface area contributed by atoms with E-state index in [2.05, 4.69) is 0 Å². The van der Waals surface area contributed by atoms with Gasteiger partial charge in [-0.1, -0.05) is 30.3 Å². The van der Waals surface area contributed by atoms with Gasteiger partial charge in [-0.2, -0.15) is 0 Å². The number of quaternary nitrogens is 1. The van der Waals surface area contributed by atoms with Crippen LogP contribution in [0.1, 0.15) is 18.6 Å². The molecule has 3 nitrogen and oxygen atoms in total. The summed E-state index contributed by atoms with van der Waals surface area (Å²) in [6.45, 7) is 2.28. The molecule has 1 unspecified atom stereocenters. The highest BCUT2D eigenvalue weighted by molar-refractivity contribution is 5.70. The molecule has 1 rings (SSSR count). The predicted octanol–water partition coefficient (Wildman–Crippen LogP) is 2.00. The quantitative estimate of drug-likeness (QED) is 0.575. The van der Waals surface area contributed by atoms with E-state index in [4.69, 9.17) is 4.74 Å². The van der Waals surface area contributed by atoms with Gasteiger partial charge in [0.1, 0.15) is 6.10 Å². The van der Waals surface area contributed by atoms with E-state index in [-0.39, 0.29) is 12.1 Å². The number of nitrogens with zero attached hydrogens (tertiary/aromatic N) is 1. The Morgan fingerprint density at radius 1 is 1.25 bits per heavy atom. The van der Waals surface area contributed by atoms with Crippen LogP contribution >= 0.6 is 0 Å². The molecule has 0 fully saturated rings. The first kappa shape index (κ1) is 12.7. The van der Waals surface area contributed by atoms with Gasteiger partial charge in [-0.05, 0) is 12.5 Å². The molecule has 1 atom stereocenters. The van der Waals surface area contributed by atoms with Crippen molar-refractivity contribution in [3.05, 3.63) is 35.9 Å². The van der Waals surface area contributed by atoms with Gasteiger partial charge in [0.2, 0.25) is 0 Å². The Labute approximate surface area is 97.2 Å². The van der Waals surface area contributed by atoms with Gasteiger partial charge in [0.25, 0.3) is 0 Å². The molecule has 3 heteroatoms. The summed E-state index contributed by atoms with van der Waals surface area (Å²) in [5, 5.41) is 0. The van der Waals surface area contributed by atoms with Crippen LogP contribution in [-0.2, 0) is 9.53 Å². The first-order valence-electron chi connectivity index (χ1n) is 5.43. The number of hydrogen-bond donors (Lipinski definition) is 0. The summed E-state index contributed by atoms with van der Waals surface area (Å²) in [6.07, 6.45) is -0.180. The third-order valence-electron chi connectivity index (χ3n) is 2.18. The fraction of sp³-hybridized carbons (Fsp3) is 0.462. The van der Waals surface area contributed by atoms with Crippen molar-refractivity contribution in [2.45, 2.75) is 13.0 Å². The molecule has 0 aliphatic rings. The summed E-state index contributed by atoms with van der Waals surface area (Å²) in [5.41, 5.74) is 1.03. The Hall–Kier alpha value is -1.35. The lowest BCUT2D eigenvalue weighted by molar-refractivity contribution is -0.862. The molecule has 88 valence electrons. The monoisotopic (exact) mass is 222 g/mol. The Morgan fingerprint density at radius 3 is 2.31 bits per heavy atom. The third kappa shape index (κ3) is 4.45. The number of carbonyl (C=O) groups is 1.